The SMILES string of the molecule is CCN1CC(CN(C)CC(=O)Nc2ccc(C(=O)OC(C)C)cc2)Oc2ccccc21. The van der Waals surface area contributed by atoms with Crippen molar-refractivity contribution in [3.05, 3.63) is 54.1 Å². The lowest BCUT2D eigenvalue weighted by molar-refractivity contribution is -0.117. The zero-order valence-electron chi connectivity index (χ0n) is 18.6. The van der Waals surface area contributed by atoms with Gasteiger partial charge in [-0.15, -0.1) is 0 Å². The second-order valence-electron chi connectivity index (χ2n) is 8.02. The molecule has 0 bridgehead atoms. The molecule has 0 fully saturated rings. The first-order valence-electron chi connectivity index (χ1n) is 10.7. The largest absolute Gasteiger partial charge is 0.485 e. The van der Waals surface area contributed by atoms with Crippen LogP contribution in [-0.4, -0.2) is 62.2 Å². The van der Waals surface area contributed by atoms with Crippen LogP contribution in [0.3, 0.4) is 0 Å². The van der Waals surface area contributed by atoms with Crippen molar-refractivity contribution < 1.29 is 19.1 Å². The highest BCUT2D eigenvalue weighted by Crippen LogP contribution is 2.32. The molecule has 166 valence electrons. The Morgan fingerprint density at radius 1 is 1.19 bits per heavy atom. The highest BCUT2D eigenvalue weighted by molar-refractivity contribution is 5.94. The molecule has 3 rings (SSSR count). The molecule has 1 aliphatic rings. The number of amides is 1. The molecule has 0 saturated heterocycles. The monoisotopic (exact) mass is 425 g/mol. The van der Waals surface area contributed by atoms with Crippen molar-refractivity contribution in [2.75, 3.05) is 43.4 Å². The van der Waals surface area contributed by atoms with Crippen molar-refractivity contribution in [1.29, 1.82) is 0 Å². The topological polar surface area (TPSA) is 71.1 Å². The number of anilines is 2. The number of benzene rings is 2. The van der Waals surface area contributed by atoms with Gasteiger partial charge in [-0.3, -0.25) is 9.69 Å². The summed E-state index contributed by atoms with van der Waals surface area (Å²) in [6.45, 7) is 8.31. The van der Waals surface area contributed by atoms with Gasteiger partial charge in [-0.2, -0.15) is 0 Å². The van der Waals surface area contributed by atoms with E-state index < -0.39 is 0 Å². The van der Waals surface area contributed by atoms with Crippen LogP contribution in [-0.2, 0) is 9.53 Å². The van der Waals surface area contributed by atoms with Gasteiger partial charge in [0.15, 0.2) is 0 Å². The summed E-state index contributed by atoms with van der Waals surface area (Å²) in [4.78, 5) is 28.6. The summed E-state index contributed by atoms with van der Waals surface area (Å²) in [7, 11) is 1.91. The van der Waals surface area contributed by atoms with Crippen molar-refractivity contribution in [2.45, 2.75) is 33.0 Å². The van der Waals surface area contributed by atoms with Gasteiger partial charge in [-0.05, 0) is 64.2 Å². The molecule has 1 heterocycles. The van der Waals surface area contributed by atoms with E-state index in [1.165, 1.54) is 0 Å². The van der Waals surface area contributed by atoms with E-state index in [0.29, 0.717) is 17.8 Å². The number of hydrogen-bond acceptors (Lipinski definition) is 6. The van der Waals surface area contributed by atoms with Gasteiger partial charge in [0.25, 0.3) is 0 Å². The second-order valence-corrected chi connectivity index (χ2v) is 8.02. The second kappa shape index (κ2) is 10.3. The number of carbonyl (C=O) groups excluding carboxylic acids is 2. The first-order valence-corrected chi connectivity index (χ1v) is 10.7. The van der Waals surface area contributed by atoms with Gasteiger partial charge in [0.1, 0.15) is 11.9 Å². The Balaban J connectivity index is 1.50. The van der Waals surface area contributed by atoms with Gasteiger partial charge < -0.3 is 19.7 Å². The molecule has 2 aromatic carbocycles. The summed E-state index contributed by atoms with van der Waals surface area (Å²) in [6, 6.07) is 14.7. The molecule has 0 spiro atoms. The molecule has 1 atom stereocenters. The van der Waals surface area contributed by atoms with Crippen molar-refractivity contribution in [3.8, 4) is 5.75 Å². The molecule has 0 aliphatic carbocycles. The molecule has 31 heavy (non-hydrogen) atoms. The van der Waals surface area contributed by atoms with Crippen LogP contribution >= 0.6 is 0 Å². The zero-order chi connectivity index (χ0) is 22.4. The van der Waals surface area contributed by atoms with Crippen molar-refractivity contribution in [3.63, 3.8) is 0 Å². The Morgan fingerprint density at radius 3 is 2.58 bits per heavy atom. The fraction of sp³-hybridized carbons (Fsp3) is 0.417. The summed E-state index contributed by atoms with van der Waals surface area (Å²) < 4.78 is 11.3. The summed E-state index contributed by atoms with van der Waals surface area (Å²) in [5.41, 5.74) is 2.21. The maximum atomic E-state index is 12.5. The molecule has 1 N–H and O–H groups in total. The van der Waals surface area contributed by atoms with E-state index in [-0.39, 0.29) is 30.6 Å². The molecule has 7 nitrogen and oxygen atoms in total. The van der Waals surface area contributed by atoms with Crippen LogP contribution in [0.4, 0.5) is 11.4 Å². The van der Waals surface area contributed by atoms with Gasteiger partial charge in [0.05, 0.1) is 30.4 Å². The number of para-hydroxylation sites is 2. The molecule has 2 aromatic rings. The van der Waals surface area contributed by atoms with Crippen molar-refractivity contribution >= 4 is 23.3 Å². The van der Waals surface area contributed by atoms with Crippen LogP contribution in [0, 0.1) is 0 Å². The molecular weight excluding hydrogens is 394 g/mol. The third-order valence-corrected chi connectivity index (χ3v) is 4.98. The number of likely N-dealkylation sites (N-methyl/N-ethyl adjacent to an activating group) is 2. The van der Waals surface area contributed by atoms with E-state index in [1.54, 1.807) is 38.1 Å². The Hall–Kier alpha value is -3.06. The van der Waals surface area contributed by atoms with Crippen LogP contribution in [0.1, 0.15) is 31.1 Å². The van der Waals surface area contributed by atoms with Gasteiger partial charge in [0.2, 0.25) is 5.91 Å². The molecule has 7 heteroatoms. The van der Waals surface area contributed by atoms with Gasteiger partial charge in [0, 0.05) is 18.8 Å². The van der Waals surface area contributed by atoms with Crippen molar-refractivity contribution in [2.24, 2.45) is 0 Å². The number of fused-ring (bicyclic) bond motifs is 1. The molecule has 0 radical (unpaired) electrons. The number of nitrogens with zero attached hydrogens (tertiary/aromatic N) is 2. The van der Waals surface area contributed by atoms with E-state index in [0.717, 1.165) is 24.5 Å². The lowest BCUT2D eigenvalue weighted by Crippen LogP contribution is -2.46. The molecular formula is C24H31N3O4. The highest BCUT2D eigenvalue weighted by atomic mass is 16.5. The lowest BCUT2D eigenvalue weighted by atomic mass is 10.2. The van der Waals surface area contributed by atoms with E-state index in [2.05, 4.69) is 23.2 Å². The summed E-state index contributed by atoms with van der Waals surface area (Å²) in [6.07, 6.45) is -0.188. The number of nitrogens with one attached hydrogen (secondary N) is 1. The average Bonchev–Trinajstić information content (AvgIpc) is 2.72. The highest BCUT2D eigenvalue weighted by Gasteiger charge is 2.25. The lowest BCUT2D eigenvalue weighted by Gasteiger charge is -2.37. The Labute approximate surface area is 183 Å². The molecule has 1 amide bonds. The van der Waals surface area contributed by atoms with E-state index in [4.69, 9.17) is 9.47 Å². The van der Waals surface area contributed by atoms with E-state index in [9.17, 15) is 9.59 Å². The molecule has 0 aromatic heterocycles. The first kappa shape index (κ1) is 22.6. The van der Waals surface area contributed by atoms with Crippen LogP contribution in [0.2, 0.25) is 0 Å². The van der Waals surface area contributed by atoms with E-state index in [1.807, 2.05) is 30.1 Å². The minimum atomic E-state index is -0.372. The smallest absolute Gasteiger partial charge is 0.338 e. The third kappa shape index (κ3) is 6.21. The number of rotatable bonds is 8. The Kier molecular flexibility index (Phi) is 7.52. The van der Waals surface area contributed by atoms with Crippen LogP contribution in [0.5, 0.6) is 5.75 Å². The molecule has 1 aliphatic heterocycles. The van der Waals surface area contributed by atoms with Gasteiger partial charge in [-0.25, -0.2) is 4.79 Å². The zero-order valence-corrected chi connectivity index (χ0v) is 18.6. The first-order chi connectivity index (χ1) is 14.9. The van der Waals surface area contributed by atoms with Crippen LogP contribution in [0.15, 0.2) is 48.5 Å². The average molecular weight is 426 g/mol. The number of esters is 1. The summed E-state index contributed by atoms with van der Waals surface area (Å²) in [5.74, 6) is 0.390. The maximum absolute atomic E-state index is 12.5. The minimum absolute atomic E-state index is 0.0149. The summed E-state index contributed by atoms with van der Waals surface area (Å²) in [5, 5.41) is 2.87. The number of carbonyl (C=O) groups is 2. The van der Waals surface area contributed by atoms with Crippen molar-refractivity contribution in [1.82, 2.24) is 4.90 Å². The maximum Gasteiger partial charge on any atom is 0.338 e. The third-order valence-electron chi connectivity index (χ3n) is 4.98. The normalized spacial score (nSPS) is 15.4. The predicted octanol–water partition coefficient (Wildman–Crippen LogP) is 3.41. The molecule has 0 saturated carbocycles. The van der Waals surface area contributed by atoms with Crippen LogP contribution < -0.4 is 15.0 Å². The Bertz CT molecular complexity index is 898. The summed E-state index contributed by atoms with van der Waals surface area (Å²) >= 11 is 0. The molecule has 1 unspecified atom stereocenters. The standard InChI is InChI=1S/C24H31N3O4/c1-5-27-15-20(31-22-9-7-6-8-21(22)27)14-26(4)16-23(28)25-19-12-10-18(11-13-19)24(29)30-17(2)3/h6-13,17,20H,5,14-16H2,1-4H3,(H,25,28). The fourth-order valence-corrected chi connectivity index (χ4v) is 3.60. The Morgan fingerprint density at radius 2 is 1.90 bits per heavy atom. The fourth-order valence-electron chi connectivity index (χ4n) is 3.60. The number of ether oxygens (including phenoxy) is 2. The number of hydrogen-bond donors (Lipinski definition) is 1. The van der Waals surface area contributed by atoms with Crippen LogP contribution in [0.25, 0.3) is 0 Å². The van der Waals surface area contributed by atoms with Gasteiger partial charge in [-0.1, -0.05) is 12.1 Å². The van der Waals surface area contributed by atoms with Gasteiger partial charge >= 0.3 is 5.97 Å². The predicted molar refractivity (Wildman–Crippen MR) is 122 cm³/mol. The van der Waals surface area contributed by atoms with E-state index >= 15 is 0 Å². The quantitative estimate of drug-likeness (QED) is 0.654. The minimum Gasteiger partial charge on any atom is -0.485 e.